The molecule has 1 aromatic heterocycles. The number of hydrogen-bond acceptors (Lipinski definition) is 3. The summed E-state index contributed by atoms with van der Waals surface area (Å²) >= 11 is 3.53. The van der Waals surface area contributed by atoms with Gasteiger partial charge in [-0.3, -0.25) is 9.89 Å². The predicted molar refractivity (Wildman–Crippen MR) is 133 cm³/mol. The van der Waals surface area contributed by atoms with Gasteiger partial charge in [-0.05, 0) is 33.1 Å². The first-order valence-electron chi connectivity index (χ1n) is 9.65. The van der Waals surface area contributed by atoms with Crippen LogP contribution < -0.4 is 5.32 Å². The van der Waals surface area contributed by atoms with E-state index in [4.69, 9.17) is 4.74 Å². The monoisotopic (exact) mass is 575 g/mol. The molecule has 160 valence electrons. The molecule has 1 saturated heterocycles. The summed E-state index contributed by atoms with van der Waals surface area (Å²) in [6.45, 7) is 6.26. The number of aromatic nitrogens is 1. The van der Waals surface area contributed by atoms with Gasteiger partial charge >= 0.3 is 0 Å². The fraction of sp³-hybridized carbons (Fsp3) is 0.476. The molecular formula is C21H31BrIN5O. The first kappa shape index (κ1) is 24.2. The quantitative estimate of drug-likeness (QED) is 0.326. The van der Waals surface area contributed by atoms with Crippen LogP contribution >= 0.6 is 39.9 Å². The molecule has 3 rings (SSSR count). The maximum Gasteiger partial charge on any atom is 0.194 e. The summed E-state index contributed by atoms with van der Waals surface area (Å²) in [5, 5.41) is 3.46. The SMILES string of the molecule is CN=C(NCc1ccc(CN2CCOCC2)cc1)N(C)Cc1cc(Br)cn1C.I. The van der Waals surface area contributed by atoms with Crippen LogP contribution in [0.15, 0.2) is 46.0 Å². The third-order valence-corrected chi connectivity index (χ3v) is 5.46. The minimum atomic E-state index is 0. The molecule has 8 heteroatoms. The minimum absolute atomic E-state index is 0. The van der Waals surface area contributed by atoms with Crippen LogP contribution in [0, 0.1) is 0 Å². The summed E-state index contributed by atoms with van der Waals surface area (Å²) < 4.78 is 8.64. The third-order valence-electron chi connectivity index (χ3n) is 5.03. The fourth-order valence-corrected chi connectivity index (χ4v) is 3.96. The van der Waals surface area contributed by atoms with E-state index in [0.717, 1.165) is 56.4 Å². The maximum atomic E-state index is 5.42. The molecule has 0 aliphatic carbocycles. The van der Waals surface area contributed by atoms with Crippen molar-refractivity contribution in [3.8, 4) is 0 Å². The van der Waals surface area contributed by atoms with E-state index in [1.807, 2.05) is 7.05 Å². The normalized spacial score (nSPS) is 15.1. The van der Waals surface area contributed by atoms with E-state index in [1.165, 1.54) is 16.8 Å². The van der Waals surface area contributed by atoms with Crippen molar-refractivity contribution in [1.82, 2.24) is 19.7 Å². The molecule has 1 fully saturated rings. The summed E-state index contributed by atoms with van der Waals surface area (Å²) in [4.78, 5) is 9.00. The molecule has 1 N–H and O–H groups in total. The lowest BCUT2D eigenvalue weighted by Gasteiger charge is -2.26. The van der Waals surface area contributed by atoms with Crippen LogP contribution in [0.25, 0.3) is 0 Å². The third kappa shape index (κ3) is 7.27. The Balaban J connectivity index is 0.00000300. The van der Waals surface area contributed by atoms with Crippen LogP contribution in [0.2, 0.25) is 0 Å². The molecule has 1 aromatic carbocycles. The summed E-state index contributed by atoms with van der Waals surface area (Å²) in [6.07, 6.45) is 2.07. The summed E-state index contributed by atoms with van der Waals surface area (Å²) in [5.41, 5.74) is 3.83. The molecule has 1 aliphatic heterocycles. The van der Waals surface area contributed by atoms with Crippen molar-refractivity contribution in [3.05, 3.63) is 57.8 Å². The Kier molecular flexibility index (Phi) is 9.94. The number of benzene rings is 1. The number of rotatable bonds is 6. The van der Waals surface area contributed by atoms with E-state index in [2.05, 4.69) is 91.2 Å². The maximum absolute atomic E-state index is 5.42. The van der Waals surface area contributed by atoms with Gasteiger partial charge in [0.05, 0.1) is 19.8 Å². The number of guanidine groups is 1. The lowest BCUT2D eigenvalue weighted by molar-refractivity contribution is 0.0342. The Morgan fingerprint density at radius 3 is 2.45 bits per heavy atom. The largest absolute Gasteiger partial charge is 0.379 e. The van der Waals surface area contributed by atoms with Crippen molar-refractivity contribution in [2.75, 3.05) is 40.4 Å². The van der Waals surface area contributed by atoms with Gasteiger partial charge in [-0.25, -0.2) is 0 Å². The van der Waals surface area contributed by atoms with Crippen LogP contribution in [0.4, 0.5) is 0 Å². The number of ether oxygens (including phenoxy) is 1. The first-order valence-corrected chi connectivity index (χ1v) is 10.4. The topological polar surface area (TPSA) is 45.0 Å². The van der Waals surface area contributed by atoms with Gasteiger partial charge in [0.25, 0.3) is 0 Å². The number of nitrogens with one attached hydrogen (secondary N) is 1. The van der Waals surface area contributed by atoms with E-state index >= 15 is 0 Å². The van der Waals surface area contributed by atoms with Gasteiger partial charge < -0.3 is 19.5 Å². The Hall–Kier alpha value is -1.10. The Morgan fingerprint density at radius 1 is 1.21 bits per heavy atom. The second kappa shape index (κ2) is 11.9. The molecule has 29 heavy (non-hydrogen) atoms. The van der Waals surface area contributed by atoms with Crippen molar-refractivity contribution >= 4 is 45.9 Å². The number of nitrogens with zero attached hydrogens (tertiary/aromatic N) is 4. The van der Waals surface area contributed by atoms with E-state index < -0.39 is 0 Å². The molecule has 2 aromatic rings. The second-order valence-electron chi connectivity index (χ2n) is 7.22. The molecule has 0 amide bonds. The number of aryl methyl sites for hydroxylation is 1. The fourth-order valence-electron chi connectivity index (χ4n) is 3.39. The van der Waals surface area contributed by atoms with Gasteiger partial charge in [0.15, 0.2) is 5.96 Å². The van der Waals surface area contributed by atoms with Crippen LogP contribution in [0.1, 0.15) is 16.8 Å². The van der Waals surface area contributed by atoms with Crippen LogP contribution in [-0.4, -0.2) is 60.7 Å². The standard InChI is InChI=1S/C21H30BrN5O.HI/c1-23-21(26(3)16-20-12-19(22)15-25(20)2)24-13-17-4-6-18(7-5-17)14-27-8-10-28-11-9-27;/h4-7,12,15H,8-11,13-14,16H2,1-3H3,(H,23,24);1H. The van der Waals surface area contributed by atoms with E-state index in [-0.39, 0.29) is 24.0 Å². The van der Waals surface area contributed by atoms with Crippen LogP contribution in [0.5, 0.6) is 0 Å². The van der Waals surface area contributed by atoms with Gasteiger partial charge in [-0.1, -0.05) is 24.3 Å². The number of hydrogen-bond donors (Lipinski definition) is 1. The van der Waals surface area contributed by atoms with E-state index in [1.54, 1.807) is 0 Å². The average molecular weight is 576 g/mol. The van der Waals surface area contributed by atoms with Crippen molar-refractivity contribution in [3.63, 3.8) is 0 Å². The van der Waals surface area contributed by atoms with Crippen molar-refractivity contribution in [1.29, 1.82) is 0 Å². The lowest BCUT2D eigenvalue weighted by atomic mass is 10.1. The predicted octanol–water partition coefficient (Wildman–Crippen LogP) is 3.45. The van der Waals surface area contributed by atoms with Crippen molar-refractivity contribution < 1.29 is 4.74 Å². The highest BCUT2D eigenvalue weighted by Gasteiger charge is 2.11. The molecule has 0 bridgehead atoms. The van der Waals surface area contributed by atoms with E-state index in [0.29, 0.717) is 0 Å². The van der Waals surface area contributed by atoms with Crippen molar-refractivity contribution in [2.24, 2.45) is 12.0 Å². The molecule has 0 atom stereocenters. The van der Waals surface area contributed by atoms with Crippen LogP contribution in [-0.2, 0) is 31.4 Å². The second-order valence-corrected chi connectivity index (χ2v) is 8.14. The smallest absolute Gasteiger partial charge is 0.194 e. The number of morpholine rings is 1. The molecule has 6 nitrogen and oxygen atoms in total. The molecule has 0 unspecified atom stereocenters. The molecule has 0 radical (unpaired) electrons. The zero-order valence-electron chi connectivity index (χ0n) is 17.4. The molecule has 0 saturated carbocycles. The summed E-state index contributed by atoms with van der Waals surface area (Å²) in [6, 6.07) is 11.0. The Labute approximate surface area is 199 Å². The molecular weight excluding hydrogens is 545 g/mol. The Morgan fingerprint density at radius 2 is 1.86 bits per heavy atom. The first-order chi connectivity index (χ1) is 13.5. The van der Waals surface area contributed by atoms with Gasteiger partial charge in [-0.15, -0.1) is 24.0 Å². The molecule has 0 spiro atoms. The summed E-state index contributed by atoms with van der Waals surface area (Å²) in [7, 11) is 5.94. The van der Waals surface area contributed by atoms with E-state index in [9.17, 15) is 0 Å². The number of aliphatic imine (C=N–C) groups is 1. The van der Waals surface area contributed by atoms with Gasteiger partial charge in [0, 0.05) is 63.7 Å². The lowest BCUT2D eigenvalue weighted by Crippen LogP contribution is -2.38. The molecule has 1 aliphatic rings. The van der Waals surface area contributed by atoms with Crippen LogP contribution in [0.3, 0.4) is 0 Å². The summed E-state index contributed by atoms with van der Waals surface area (Å²) in [5.74, 6) is 0.884. The highest BCUT2D eigenvalue weighted by Crippen LogP contribution is 2.15. The Bertz CT molecular complexity index is 787. The minimum Gasteiger partial charge on any atom is -0.379 e. The zero-order valence-corrected chi connectivity index (χ0v) is 21.3. The van der Waals surface area contributed by atoms with Gasteiger partial charge in [-0.2, -0.15) is 0 Å². The average Bonchev–Trinajstić information content (AvgIpc) is 3.01. The molecule has 2 heterocycles. The highest BCUT2D eigenvalue weighted by molar-refractivity contribution is 14.0. The zero-order chi connectivity index (χ0) is 19.9. The van der Waals surface area contributed by atoms with Gasteiger partial charge in [0.1, 0.15) is 0 Å². The van der Waals surface area contributed by atoms with Crippen molar-refractivity contribution in [2.45, 2.75) is 19.6 Å². The van der Waals surface area contributed by atoms with Gasteiger partial charge in [0.2, 0.25) is 0 Å². The number of halogens is 2. The highest BCUT2D eigenvalue weighted by atomic mass is 127.